The maximum Gasteiger partial charge on any atom is 0.273 e. The maximum atomic E-state index is 14.7. The Kier molecular flexibility index (Phi) is 5.30. The van der Waals surface area contributed by atoms with Crippen LogP contribution in [0.5, 0.6) is 0 Å². The number of carbonyl (C=O) groups excluding carboxylic acids is 2. The van der Waals surface area contributed by atoms with Gasteiger partial charge in [0.1, 0.15) is 17.6 Å². The largest absolute Gasteiger partial charge is 0.368 e. The summed E-state index contributed by atoms with van der Waals surface area (Å²) in [6.45, 7) is 0. The lowest BCUT2D eigenvalue weighted by Crippen LogP contribution is -2.44. The van der Waals surface area contributed by atoms with E-state index in [0.29, 0.717) is 35.2 Å². The van der Waals surface area contributed by atoms with Crippen LogP contribution < -0.4 is 5.73 Å². The number of rotatable bonds is 5. The minimum atomic E-state index is -1.08. The van der Waals surface area contributed by atoms with Gasteiger partial charge < -0.3 is 10.6 Å². The van der Waals surface area contributed by atoms with Crippen molar-refractivity contribution in [3.05, 3.63) is 100 Å². The fraction of sp³-hybridized carbons (Fsp3) is 0.167. The van der Waals surface area contributed by atoms with E-state index < -0.39 is 29.7 Å². The predicted octanol–water partition coefficient (Wildman–Crippen LogP) is 3.88. The molecule has 0 spiro atoms. The Morgan fingerprint density at radius 2 is 2.00 bits per heavy atom. The molecule has 1 aliphatic carbocycles. The Morgan fingerprint density at radius 3 is 2.76 bits per heavy atom. The molecule has 2 atom stereocenters. The molecule has 0 bridgehead atoms. The van der Waals surface area contributed by atoms with E-state index in [1.165, 1.54) is 23.4 Å². The number of hydrogen-bond acceptors (Lipinski definition) is 4. The third kappa shape index (κ3) is 3.62. The summed E-state index contributed by atoms with van der Waals surface area (Å²) < 4.78 is 16.3. The van der Waals surface area contributed by atoms with Crippen LogP contribution in [-0.4, -0.2) is 31.1 Å². The fourth-order valence-electron chi connectivity index (χ4n) is 4.58. The average molecular weight is 464 g/mol. The summed E-state index contributed by atoms with van der Waals surface area (Å²) in [7, 11) is 0. The molecule has 0 aliphatic heterocycles. The van der Waals surface area contributed by atoms with Crippen LogP contribution in [0.4, 0.5) is 4.39 Å². The normalized spacial score (nSPS) is 15.9. The first kappa shape index (κ1) is 21.1. The maximum absolute atomic E-state index is 14.7. The van der Waals surface area contributed by atoms with Crippen molar-refractivity contribution in [1.82, 2.24) is 19.3 Å². The molecular weight excluding hydrogens is 445 g/mol. The second-order valence-electron chi connectivity index (χ2n) is 7.89. The quantitative estimate of drug-likeness (QED) is 0.486. The summed E-state index contributed by atoms with van der Waals surface area (Å²) >= 11 is 6.16. The summed E-state index contributed by atoms with van der Waals surface area (Å²) in [5.41, 5.74) is 8.20. The van der Waals surface area contributed by atoms with Gasteiger partial charge in [0.15, 0.2) is 5.65 Å². The lowest BCUT2D eigenvalue weighted by atomic mass is 9.98. The molecular formula is C24H19ClFN5O2. The molecule has 166 valence electrons. The van der Waals surface area contributed by atoms with E-state index in [1.807, 2.05) is 6.07 Å². The molecule has 0 saturated carbocycles. The number of halogens is 2. The second kappa shape index (κ2) is 8.29. The molecule has 7 nitrogen and oxygen atoms in total. The monoisotopic (exact) mass is 463 g/mol. The number of hydrogen-bond donors (Lipinski definition) is 1. The van der Waals surface area contributed by atoms with Crippen LogP contribution in [-0.2, 0) is 11.2 Å². The zero-order valence-electron chi connectivity index (χ0n) is 17.4. The minimum absolute atomic E-state index is 0.224. The first-order valence-corrected chi connectivity index (χ1v) is 10.8. The third-order valence-electron chi connectivity index (χ3n) is 5.99. The molecule has 2 N–H and O–H groups in total. The molecule has 2 aromatic carbocycles. The molecule has 33 heavy (non-hydrogen) atoms. The highest BCUT2D eigenvalue weighted by atomic mass is 35.5. The van der Waals surface area contributed by atoms with Crippen molar-refractivity contribution in [1.29, 1.82) is 0 Å². The van der Waals surface area contributed by atoms with Gasteiger partial charge in [0.2, 0.25) is 5.91 Å². The summed E-state index contributed by atoms with van der Waals surface area (Å²) in [6.07, 6.45) is 6.96. The Balaban J connectivity index is 1.70. The zero-order valence-corrected chi connectivity index (χ0v) is 18.1. The predicted molar refractivity (Wildman–Crippen MR) is 120 cm³/mol. The lowest BCUT2D eigenvalue weighted by Gasteiger charge is -2.35. The van der Waals surface area contributed by atoms with Crippen LogP contribution in [0.25, 0.3) is 5.65 Å². The Labute approximate surface area is 193 Å². The Bertz CT molecular complexity index is 1370. The molecule has 1 aliphatic rings. The summed E-state index contributed by atoms with van der Waals surface area (Å²) in [5.74, 6) is -1.58. The molecule has 2 aromatic heterocycles. The zero-order chi connectivity index (χ0) is 23.1. The molecule has 0 saturated heterocycles. The number of amides is 2. The highest BCUT2D eigenvalue weighted by molar-refractivity contribution is 6.30. The second-order valence-corrected chi connectivity index (χ2v) is 8.32. The van der Waals surface area contributed by atoms with Gasteiger partial charge in [0.25, 0.3) is 5.91 Å². The molecule has 0 unspecified atom stereocenters. The average Bonchev–Trinajstić information content (AvgIpc) is 3.42. The van der Waals surface area contributed by atoms with Crippen LogP contribution in [0.15, 0.2) is 67.3 Å². The minimum Gasteiger partial charge on any atom is -0.368 e. The molecule has 0 fully saturated rings. The van der Waals surface area contributed by atoms with Gasteiger partial charge in [-0.3, -0.25) is 19.0 Å². The summed E-state index contributed by atoms with van der Waals surface area (Å²) in [4.78, 5) is 36.5. The standard InChI is InChI=1S/C24H19ClFN5O2/c25-15-10-17-16(18(26)11-15)6-7-19(17)31(22(23(27)32)14-4-2-1-3-5-14)24(33)20-12-29-21-13-28-8-9-30(20)21/h1-5,8-13,19,22H,6-7H2,(H2,27,32)/t19-,22-/m1/s1. The van der Waals surface area contributed by atoms with Gasteiger partial charge in [-0.05, 0) is 41.7 Å². The van der Waals surface area contributed by atoms with E-state index in [0.717, 1.165) is 0 Å². The van der Waals surface area contributed by atoms with Crippen molar-refractivity contribution in [3.63, 3.8) is 0 Å². The van der Waals surface area contributed by atoms with Crippen molar-refractivity contribution < 1.29 is 14.0 Å². The van der Waals surface area contributed by atoms with E-state index in [1.54, 1.807) is 47.1 Å². The highest BCUT2D eigenvalue weighted by Crippen LogP contribution is 2.43. The van der Waals surface area contributed by atoms with E-state index >= 15 is 0 Å². The van der Waals surface area contributed by atoms with Crippen molar-refractivity contribution in [3.8, 4) is 0 Å². The molecule has 4 aromatic rings. The molecule has 5 rings (SSSR count). The van der Waals surface area contributed by atoms with Gasteiger partial charge in [-0.1, -0.05) is 41.9 Å². The van der Waals surface area contributed by atoms with Crippen LogP contribution in [0.3, 0.4) is 0 Å². The van der Waals surface area contributed by atoms with Gasteiger partial charge in [-0.25, -0.2) is 9.37 Å². The molecule has 9 heteroatoms. The number of imidazole rings is 1. The topological polar surface area (TPSA) is 93.6 Å². The highest BCUT2D eigenvalue weighted by Gasteiger charge is 2.41. The van der Waals surface area contributed by atoms with Crippen molar-refractivity contribution in [2.45, 2.75) is 24.9 Å². The SMILES string of the molecule is NC(=O)[C@@H](c1ccccc1)N(C(=O)c1cnc2cnccn12)[C@@H]1CCc2c(F)cc(Cl)cc21. The third-order valence-corrected chi connectivity index (χ3v) is 6.21. The van der Waals surface area contributed by atoms with Crippen molar-refractivity contribution in [2.24, 2.45) is 5.73 Å². The first-order valence-electron chi connectivity index (χ1n) is 10.4. The van der Waals surface area contributed by atoms with Gasteiger partial charge in [-0.2, -0.15) is 0 Å². The van der Waals surface area contributed by atoms with Crippen LogP contribution in [0.2, 0.25) is 5.02 Å². The van der Waals surface area contributed by atoms with E-state index in [9.17, 15) is 14.0 Å². The lowest BCUT2D eigenvalue weighted by molar-refractivity contribution is -0.123. The number of nitrogens with two attached hydrogens (primary N) is 1. The summed E-state index contributed by atoms with van der Waals surface area (Å²) in [5, 5.41) is 0.224. The van der Waals surface area contributed by atoms with Crippen molar-refractivity contribution in [2.75, 3.05) is 0 Å². The molecule has 2 heterocycles. The van der Waals surface area contributed by atoms with Crippen LogP contribution in [0, 0.1) is 5.82 Å². The number of carbonyl (C=O) groups is 2. The number of fused-ring (bicyclic) bond motifs is 2. The van der Waals surface area contributed by atoms with E-state index in [4.69, 9.17) is 17.3 Å². The molecule has 0 radical (unpaired) electrons. The van der Waals surface area contributed by atoms with Gasteiger partial charge >= 0.3 is 0 Å². The van der Waals surface area contributed by atoms with Gasteiger partial charge in [0, 0.05) is 17.4 Å². The van der Waals surface area contributed by atoms with Gasteiger partial charge in [0.05, 0.1) is 18.4 Å². The van der Waals surface area contributed by atoms with E-state index in [2.05, 4.69) is 9.97 Å². The number of primary amides is 1. The van der Waals surface area contributed by atoms with Crippen LogP contribution in [0.1, 0.15) is 45.7 Å². The number of nitrogens with zero attached hydrogens (tertiary/aromatic N) is 4. The first-order chi connectivity index (χ1) is 16.0. The Hall–Kier alpha value is -3.78. The smallest absolute Gasteiger partial charge is 0.273 e. The van der Waals surface area contributed by atoms with E-state index in [-0.39, 0.29) is 10.7 Å². The van der Waals surface area contributed by atoms with Gasteiger partial charge in [-0.15, -0.1) is 0 Å². The van der Waals surface area contributed by atoms with Crippen molar-refractivity contribution >= 4 is 29.1 Å². The fourth-order valence-corrected chi connectivity index (χ4v) is 4.79. The van der Waals surface area contributed by atoms with Crippen LogP contribution >= 0.6 is 11.6 Å². The number of aromatic nitrogens is 3. The number of benzene rings is 2. The summed E-state index contributed by atoms with van der Waals surface area (Å²) in [6, 6.07) is 10.1. The Morgan fingerprint density at radius 1 is 1.21 bits per heavy atom. The molecule has 2 amide bonds.